The molecule has 1 N–H and O–H groups in total. The Morgan fingerprint density at radius 1 is 1.00 bits per heavy atom. The number of rotatable bonds is 3. The molecular weight excluding hydrogens is 208 g/mol. The average Bonchev–Trinajstić information content (AvgIpc) is 2.33. The molecule has 1 aromatic carbocycles. The summed E-state index contributed by atoms with van der Waals surface area (Å²) < 4.78 is 0. The van der Waals surface area contributed by atoms with Gasteiger partial charge in [0.1, 0.15) is 0 Å². The van der Waals surface area contributed by atoms with Gasteiger partial charge in [-0.1, -0.05) is 30.3 Å². The van der Waals surface area contributed by atoms with Crippen LogP contribution in [-0.4, -0.2) is 12.0 Å². The largest absolute Gasteiger partial charge is 0.308 e. The van der Waals surface area contributed by atoms with Gasteiger partial charge in [-0.2, -0.15) is 0 Å². The van der Waals surface area contributed by atoms with E-state index in [0.717, 1.165) is 11.4 Å². The van der Waals surface area contributed by atoms with E-state index in [-0.39, 0.29) is 6.04 Å². The molecule has 1 aromatic heterocycles. The van der Waals surface area contributed by atoms with Gasteiger partial charge in [-0.15, -0.1) is 0 Å². The second kappa shape index (κ2) is 5.11. The second-order valence-electron chi connectivity index (χ2n) is 4.28. The summed E-state index contributed by atoms with van der Waals surface area (Å²) in [5, 5.41) is 3.34. The molecule has 2 nitrogen and oxygen atoms in total. The smallest absolute Gasteiger partial charge is 0.0751 e. The molecule has 88 valence electrons. The summed E-state index contributed by atoms with van der Waals surface area (Å²) in [5.41, 5.74) is 4.70. The Hall–Kier alpha value is -1.67. The molecule has 0 fully saturated rings. The Morgan fingerprint density at radius 3 is 2.41 bits per heavy atom. The zero-order chi connectivity index (χ0) is 12.3. The van der Waals surface area contributed by atoms with Crippen molar-refractivity contribution in [2.75, 3.05) is 7.05 Å². The molecule has 1 heterocycles. The summed E-state index contributed by atoms with van der Waals surface area (Å²) in [6.45, 7) is 4.16. The second-order valence-corrected chi connectivity index (χ2v) is 4.28. The fourth-order valence-electron chi connectivity index (χ4n) is 2.10. The lowest BCUT2D eigenvalue weighted by Crippen LogP contribution is -2.20. The van der Waals surface area contributed by atoms with Gasteiger partial charge in [0, 0.05) is 5.69 Å². The lowest BCUT2D eigenvalue weighted by atomic mass is 9.98. The molecule has 0 aliphatic heterocycles. The van der Waals surface area contributed by atoms with Crippen molar-refractivity contribution >= 4 is 0 Å². The highest BCUT2D eigenvalue weighted by Crippen LogP contribution is 2.23. The molecule has 0 aliphatic carbocycles. The van der Waals surface area contributed by atoms with E-state index in [1.807, 2.05) is 20.0 Å². The molecule has 0 radical (unpaired) electrons. The SMILES string of the molecule is CNC(c1cccc(C)n1)c1ccccc1C. The molecule has 0 amide bonds. The van der Waals surface area contributed by atoms with Crippen LogP contribution in [0.25, 0.3) is 0 Å². The van der Waals surface area contributed by atoms with E-state index in [2.05, 4.69) is 53.6 Å². The van der Waals surface area contributed by atoms with Crippen LogP contribution in [0.4, 0.5) is 0 Å². The van der Waals surface area contributed by atoms with E-state index in [4.69, 9.17) is 0 Å². The van der Waals surface area contributed by atoms with Gasteiger partial charge in [-0.05, 0) is 44.2 Å². The normalized spacial score (nSPS) is 12.4. The lowest BCUT2D eigenvalue weighted by molar-refractivity contribution is 0.665. The maximum Gasteiger partial charge on any atom is 0.0751 e. The molecule has 0 bridgehead atoms. The van der Waals surface area contributed by atoms with E-state index >= 15 is 0 Å². The highest BCUT2D eigenvalue weighted by molar-refractivity contribution is 5.34. The Labute approximate surface area is 103 Å². The first-order valence-electron chi connectivity index (χ1n) is 5.88. The number of nitrogens with one attached hydrogen (secondary N) is 1. The van der Waals surface area contributed by atoms with E-state index in [1.54, 1.807) is 0 Å². The van der Waals surface area contributed by atoms with Gasteiger partial charge in [-0.3, -0.25) is 4.98 Å². The maximum atomic E-state index is 4.60. The van der Waals surface area contributed by atoms with E-state index in [0.29, 0.717) is 0 Å². The van der Waals surface area contributed by atoms with E-state index in [9.17, 15) is 0 Å². The molecule has 17 heavy (non-hydrogen) atoms. The Morgan fingerprint density at radius 2 is 1.76 bits per heavy atom. The average molecular weight is 226 g/mol. The topological polar surface area (TPSA) is 24.9 Å². The Bertz CT molecular complexity index is 506. The van der Waals surface area contributed by atoms with Crippen LogP contribution < -0.4 is 5.32 Å². The third-order valence-electron chi connectivity index (χ3n) is 2.99. The number of pyridine rings is 1. The molecule has 2 aromatic rings. The quantitative estimate of drug-likeness (QED) is 0.870. The van der Waals surface area contributed by atoms with Crippen LogP contribution in [-0.2, 0) is 0 Å². The van der Waals surface area contributed by atoms with Crippen LogP contribution in [0.5, 0.6) is 0 Å². The Balaban J connectivity index is 2.44. The minimum atomic E-state index is 0.163. The summed E-state index contributed by atoms with van der Waals surface area (Å²) in [7, 11) is 1.97. The lowest BCUT2D eigenvalue weighted by Gasteiger charge is -2.18. The highest BCUT2D eigenvalue weighted by atomic mass is 14.9. The minimum Gasteiger partial charge on any atom is -0.308 e. The number of aryl methyl sites for hydroxylation is 2. The number of hydrogen-bond donors (Lipinski definition) is 1. The fraction of sp³-hybridized carbons (Fsp3) is 0.267. The van der Waals surface area contributed by atoms with E-state index < -0.39 is 0 Å². The van der Waals surface area contributed by atoms with Crippen LogP contribution >= 0.6 is 0 Å². The molecule has 1 unspecified atom stereocenters. The summed E-state index contributed by atoms with van der Waals surface area (Å²) in [6, 6.07) is 14.7. The zero-order valence-corrected chi connectivity index (χ0v) is 10.6. The number of nitrogens with zero attached hydrogens (tertiary/aromatic N) is 1. The summed E-state index contributed by atoms with van der Waals surface area (Å²) >= 11 is 0. The van der Waals surface area contributed by atoms with Crippen molar-refractivity contribution < 1.29 is 0 Å². The van der Waals surface area contributed by atoms with Gasteiger partial charge in [0.25, 0.3) is 0 Å². The molecule has 1 atom stereocenters. The molecule has 0 spiro atoms. The molecule has 2 heteroatoms. The standard InChI is InChI=1S/C15H18N2/c1-11-7-4-5-9-13(11)15(16-3)14-10-6-8-12(2)17-14/h4-10,15-16H,1-3H3. The van der Waals surface area contributed by atoms with Crippen molar-refractivity contribution in [3.8, 4) is 0 Å². The van der Waals surface area contributed by atoms with Gasteiger partial charge in [0.2, 0.25) is 0 Å². The summed E-state index contributed by atoms with van der Waals surface area (Å²) in [6.07, 6.45) is 0. The van der Waals surface area contributed by atoms with Gasteiger partial charge < -0.3 is 5.32 Å². The highest BCUT2D eigenvalue weighted by Gasteiger charge is 2.14. The van der Waals surface area contributed by atoms with Crippen molar-refractivity contribution in [2.45, 2.75) is 19.9 Å². The molecule has 0 aliphatic rings. The van der Waals surface area contributed by atoms with Gasteiger partial charge in [0.05, 0.1) is 11.7 Å². The van der Waals surface area contributed by atoms with Gasteiger partial charge >= 0.3 is 0 Å². The first kappa shape index (κ1) is 11.8. The Kier molecular flexibility index (Phi) is 3.55. The molecule has 0 saturated carbocycles. The third kappa shape index (κ3) is 2.53. The van der Waals surface area contributed by atoms with Gasteiger partial charge in [0.15, 0.2) is 0 Å². The predicted molar refractivity (Wildman–Crippen MR) is 71.1 cm³/mol. The van der Waals surface area contributed by atoms with Crippen LogP contribution in [0.2, 0.25) is 0 Å². The first-order valence-corrected chi connectivity index (χ1v) is 5.88. The van der Waals surface area contributed by atoms with Crippen LogP contribution in [0.3, 0.4) is 0 Å². The van der Waals surface area contributed by atoms with Gasteiger partial charge in [-0.25, -0.2) is 0 Å². The zero-order valence-electron chi connectivity index (χ0n) is 10.6. The predicted octanol–water partition coefficient (Wildman–Crippen LogP) is 3.01. The summed E-state index contributed by atoms with van der Waals surface area (Å²) in [5.74, 6) is 0. The maximum absolute atomic E-state index is 4.60. The van der Waals surface area contributed by atoms with Crippen molar-refractivity contribution in [1.82, 2.24) is 10.3 Å². The molecular formula is C15H18N2. The minimum absolute atomic E-state index is 0.163. The van der Waals surface area contributed by atoms with Crippen molar-refractivity contribution in [2.24, 2.45) is 0 Å². The van der Waals surface area contributed by atoms with Crippen molar-refractivity contribution in [1.29, 1.82) is 0 Å². The first-order chi connectivity index (χ1) is 8.22. The van der Waals surface area contributed by atoms with Crippen LogP contribution in [0.15, 0.2) is 42.5 Å². The monoisotopic (exact) mass is 226 g/mol. The van der Waals surface area contributed by atoms with Crippen LogP contribution in [0, 0.1) is 13.8 Å². The van der Waals surface area contributed by atoms with Crippen LogP contribution in [0.1, 0.15) is 28.6 Å². The van der Waals surface area contributed by atoms with Crippen molar-refractivity contribution in [3.63, 3.8) is 0 Å². The van der Waals surface area contributed by atoms with E-state index in [1.165, 1.54) is 11.1 Å². The number of aromatic nitrogens is 1. The molecule has 2 rings (SSSR count). The fourth-order valence-corrected chi connectivity index (χ4v) is 2.10. The summed E-state index contributed by atoms with van der Waals surface area (Å²) in [4.78, 5) is 4.60. The van der Waals surface area contributed by atoms with Crippen molar-refractivity contribution in [3.05, 3.63) is 65.0 Å². The third-order valence-corrected chi connectivity index (χ3v) is 2.99. The number of benzene rings is 1. The molecule has 0 saturated heterocycles. The number of hydrogen-bond acceptors (Lipinski definition) is 2.